The van der Waals surface area contributed by atoms with Crippen molar-refractivity contribution in [3.8, 4) is 17.2 Å². The van der Waals surface area contributed by atoms with Crippen LogP contribution in [0.1, 0.15) is 19.3 Å². The molecule has 102 valence electrons. The first kappa shape index (κ1) is 14.6. The highest BCUT2D eigenvalue weighted by Gasteiger charge is 2.09. The molecule has 0 aromatic heterocycles. The lowest BCUT2D eigenvalue weighted by molar-refractivity contribution is -0.135. The van der Waals surface area contributed by atoms with Gasteiger partial charge in [-0.05, 0) is 12.8 Å². The van der Waals surface area contributed by atoms with Crippen LogP contribution < -0.4 is 4.74 Å². The molecule has 0 radical (unpaired) electrons. The maximum Gasteiger partial charge on any atom is 0.330 e. The molecule has 0 saturated heterocycles. The van der Waals surface area contributed by atoms with E-state index in [2.05, 4.69) is 6.58 Å². The summed E-state index contributed by atoms with van der Waals surface area (Å²) in [5, 5.41) is 26.9. The fourth-order valence-corrected chi connectivity index (χ4v) is 1.36. The van der Waals surface area contributed by atoms with Gasteiger partial charge in [-0.15, -0.1) is 0 Å². The molecule has 0 spiro atoms. The second-order valence-electron chi connectivity index (χ2n) is 3.92. The number of phenols is 2. The van der Waals surface area contributed by atoms with Crippen molar-refractivity contribution in [2.24, 2.45) is 0 Å². The number of esters is 1. The molecule has 0 saturated carbocycles. The molecule has 3 N–H and O–H groups in total. The minimum absolute atomic E-state index is 0.0166. The van der Waals surface area contributed by atoms with Gasteiger partial charge in [0.1, 0.15) is 17.2 Å². The van der Waals surface area contributed by atoms with Crippen LogP contribution in [-0.2, 0) is 9.59 Å². The van der Waals surface area contributed by atoms with Crippen LogP contribution in [0.25, 0.3) is 0 Å². The first-order chi connectivity index (χ1) is 8.88. The Labute approximate surface area is 109 Å². The molecule has 6 nitrogen and oxygen atoms in total. The lowest BCUT2D eigenvalue weighted by atomic mass is 10.1. The first-order valence-electron chi connectivity index (χ1n) is 5.53. The molecule has 0 aliphatic rings. The quantitative estimate of drug-likeness (QED) is 0.412. The van der Waals surface area contributed by atoms with Crippen molar-refractivity contribution in [3.05, 3.63) is 30.4 Å². The highest BCUT2D eigenvalue weighted by molar-refractivity contribution is 5.85. The van der Waals surface area contributed by atoms with Crippen LogP contribution in [0.2, 0.25) is 0 Å². The van der Waals surface area contributed by atoms with Crippen molar-refractivity contribution in [2.75, 3.05) is 0 Å². The smallest absolute Gasteiger partial charge is 0.330 e. The van der Waals surface area contributed by atoms with Crippen molar-refractivity contribution in [2.45, 2.75) is 19.3 Å². The third-order valence-corrected chi connectivity index (χ3v) is 2.27. The van der Waals surface area contributed by atoms with Crippen LogP contribution in [0.15, 0.2) is 30.4 Å². The maximum atomic E-state index is 11.4. The van der Waals surface area contributed by atoms with Crippen molar-refractivity contribution in [1.29, 1.82) is 0 Å². The number of hydrogen-bond acceptors (Lipinski definition) is 5. The number of aliphatic carboxylic acids is 1. The Morgan fingerprint density at radius 2 is 1.68 bits per heavy atom. The zero-order valence-corrected chi connectivity index (χ0v) is 10.1. The molecular weight excluding hydrogens is 252 g/mol. The third-order valence-electron chi connectivity index (χ3n) is 2.27. The van der Waals surface area contributed by atoms with Crippen molar-refractivity contribution >= 4 is 11.9 Å². The molecular formula is C13H14O6. The standard InChI is InChI=1S/C13H14O6/c1-8(13(17)18)3-2-4-12(16)19-11-6-9(14)5-10(15)7-11/h5-7,14-15H,1-4H2,(H,17,18). The largest absolute Gasteiger partial charge is 0.508 e. The number of carboxylic acid groups (broad SMARTS) is 1. The van der Waals surface area contributed by atoms with E-state index in [4.69, 9.17) is 9.84 Å². The summed E-state index contributed by atoms with van der Waals surface area (Å²) in [6.07, 6.45) is 0.507. The van der Waals surface area contributed by atoms with Gasteiger partial charge in [-0.3, -0.25) is 4.79 Å². The van der Waals surface area contributed by atoms with Gasteiger partial charge < -0.3 is 20.1 Å². The summed E-state index contributed by atoms with van der Waals surface area (Å²) < 4.78 is 4.88. The Hall–Kier alpha value is -2.50. The molecule has 0 aliphatic carbocycles. The van der Waals surface area contributed by atoms with Gasteiger partial charge in [-0.25, -0.2) is 4.79 Å². The normalized spacial score (nSPS) is 9.89. The average molecular weight is 266 g/mol. The molecule has 1 aromatic carbocycles. The molecule has 6 heteroatoms. The highest BCUT2D eigenvalue weighted by atomic mass is 16.5. The summed E-state index contributed by atoms with van der Waals surface area (Å²) in [5.41, 5.74) is 0.0304. The van der Waals surface area contributed by atoms with Gasteiger partial charge in [0.05, 0.1) is 0 Å². The summed E-state index contributed by atoms with van der Waals surface area (Å²) in [6.45, 7) is 3.34. The first-order valence-corrected chi connectivity index (χ1v) is 5.53. The zero-order valence-electron chi connectivity index (χ0n) is 10.1. The van der Waals surface area contributed by atoms with Crippen LogP contribution in [-0.4, -0.2) is 27.3 Å². The fourth-order valence-electron chi connectivity index (χ4n) is 1.36. The number of aromatic hydroxyl groups is 2. The van der Waals surface area contributed by atoms with E-state index in [-0.39, 0.29) is 35.7 Å². The number of hydrogen-bond donors (Lipinski definition) is 3. The summed E-state index contributed by atoms with van der Waals surface area (Å²) in [5.74, 6) is -2.09. The van der Waals surface area contributed by atoms with E-state index in [0.717, 1.165) is 6.07 Å². The SMILES string of the molecule is C=C(CCCC(=O)Oc1cc(O)cc(O)c1)C(=O)O. The number of rotatable bonds is 6. The van der Waals surface area contributed by atoms with Crippen LogP contribution in [0.4, 0.5) is 0 Å². The lowest BCUT2D eigenvalue weighted by Gasteiger charge is -2.05. The molecule has 0 aliphatic heterocycles. The molecule has 0 heterocycles. The van der Waals surface area contributed by atoms with Gasteiger partial charge in [0, 0.05) is 30.2 Å². The third kappa shape index (κ3) is 5.12. The Morgan fingerprint density at radius 1 is 1.11 bits per heavy atom. The van der Waals surface area contributed by atoms with Crippen LogP contribution in [0.3, 0.4) is 0 Å². The molecule has 1 rings (SSSR count). The summed E-state index contributed by atoms with van der Waals surface area (Å²) >= 11 is 0. The van der Waals surface area contributed by atoms with E-state index < -0.39 is 11.9 Å². The van der Waals surface area contributed by atoms with E-state index in [1.165, 1.54) is 12.1 Å². The van der Waals surface area contributed by atoms with E-state index >= 15 is 0 Å². The highest BCUT2D eigenvalue weighted by Crippen LogP contribution is 2.26. The lowest BCUT2D eigenvalue weighted by Crippen LogP contribution is -2.08. The van der Waals surface area contributed by atoms with Crippen molar-refractivity contribution in [1.82, 2.24) is 0 Å². The second kappa shape index (κ2) is 6.44. The zero-order chi connectivity index (χ0) is 14.4. The van der Waals surface area contributed by atoms with Gasteiger partial charge in [0.2, 0.25) is 0 Å². The van der Waals surface area contributed by atoms with Crippen LogP contribution in [0.5, 0.6) is 17.2 Å². The van der Waals surface area contributed by atoms with Crippen molar-refractivity contribution < 1.29 is 29.6 Å². The van der Waals surface area contributed by atoms with Crippen LogP contribution >= 0.6 is 0 Å². The number of benzene rings is 1. The molecule has 0 bridgehead atoms. The van der Waals surface area contributed by atoms with E-state index in [1.807, 2.05) is 0 Å². The number of ether oxygens (including phenoxy) is 1. The predicted molar refractivity (Wildman–Crippen MR) is 66.0 cm³/mol. The summed E-state index contributed by atoms with van der Waals surface area (Å²) in [7, 11) is 0. The van der Waals surface area contributed by atoms with Crippen molar-refractivity contribution in [3.63, 3.8) is 0 Å². The monoisotopic (exact) mass is 266 g/mol. The minimum atomic E-state index is -1.09. The molecule has 19 heavy (non-hydrogen) atoms. The van der Waals surface area contributed by atoms with Gasteiger partial charge in [0.15, 0.2) is 0 Å². The van der Waals surface area contributed by atoms with E-state index in [0.29, 0.717) is 6.42 Å². The summed E-state index contributed by atoms with van der Waals surface area (Å²) in [6, 6.07) is 3.48. The number of carbonyl (C=O) groups excluding carboxylic acids is 1. The predicted octanol–water partition coefficient (Wildman–Crippen LogP) is 1.81. The number of phenolic OH excluding ortho intramolecular Hbond substituents is 2. The molecule has 0 unspecified atom stereocenters. The van der Waals surface area contributed by atoms with Gasteiger partial charge >= 0.3 is 11.9 Å². The number of carbonyl (C=O) groups is 2. The van der Waals surface area contributed by atoms with Gasteiger partial charge in [-0.2, -0.15) is 0 Å². The fraction of sp³-hybridized carbons (Fsp3) is 0.231. The van der Waals surface area contributed by atoms with E-state index in [1.54, 1.807) is 0 Å². The molecule has 0 atom stereocenters. The number of carboxylic acids is 1. The van der Waals surface area contributed by atoms with E-state index in [9.17, 15) is 19.8 Å². The molecule has 0 fully saturated rings. The average Bonchev–Trinajstić information content (AvgIpc) is 2.26. The molecule has 0 amide bonds. The Bertz CT molecular complexity index is 486. The topological polar surface area (TPSA) is 104 Å². The van der Waals surface area contributed by atoms with Gasteiger partial charge in [0.25, 0.3) is 0 Å². The maximum absolute atomic E-state index is 11.4. The Morgan fingerprint density at radius 3 is 2.21 bits per heavy atom. The second-order valence-corrected chi connectivity index (χ2v) is 3.92. The minimum Gasteiger partial charge on any atom is -0.508 e. The molecule has 1 aromatic rings. The Kier molecular flexibility index (Phi) is 4.93. The Balaban J connectivity index is 2.43. The summed E-state index contributed by atoms with van der Waals surface area (Å²) in [4.78, 5) is 21.9. The van der Waals surface area contributed by atoms with Gasteiger partial charge in [-0.1, -0.05) is 6.58 Å². The van der Waals surface area contributed by atoms with Crippen LogP contribution in [0, 0.1) is 0 Å².